The van der Waals surface area contributed by atoms with Gasteiger partial charge < -0.3 is 9.47 Å². The SMILES string of the molecule is CCCOC(=O)CC(C(=O)OCCC)C(C)C. The van der Waals surface area contributed by atoms with Gasteiger partial charge in [-0.15, -0.1) is 0 Å². The fourth-order valence-corrected chi connectivity index (χ4v) is 1.36. The number of ether oxygens (including phenoxy) is 2. The molecule has 0 radical (unpaired) electrons. The third kappa shape index (κ3) is 6.97. The second-order valence-corrected chi connectivity index (χ2v) is 4.44. The Morgan fingerprint density at radius 2 is 1.53 bits per heavy atom. The summed E-state index contributed by atoms with van der Waals surface area (Å²) in [5, 5.41) is 0. The van der Waals surface area contributed by atoms with Crippen LogP contribution < -0.4 is 0 Å². The van der Waals surface area contributed by atoms with E-state index in [4.69, 9.17) is 9.47 Å². The predicted molar refractivity (Wildman–Crippen MR) is 65.4 cm³/mol. The molecule has 100 valence electrons. The van der Waals surface area contributed by atoms with Crippen LogP contribution in [-0.2, 0) is 19.1 Å². The largest absolute Gasteiger partial charge is 0.466 e. The molecule has 0 fully saturated rings. The molecule has 4 heteroatoms. The van der Waals surface area contributed by atoms with Gasteiger partial charge in [0.15, 0.2) is 0 Å². The van der Waals surface area contributed by atoms with E-state index in [-0.39, 0.29) is 24.3 Å². The van der Waals surface area contributed by atoms with E-state index in [1.54, 1.807) is 0 Å². The first-order valence-corrected chi connectivity index (χ1v) is 6.35. The molecule has 1 atom stereocenters. The van der Waals surface area contributed by atoms with Crippen molar-refractivity contribution < 1.29 is 19.1 Å². The summed E-state index contributed by atoms with van der Waals surface area (Å²) in [5.41, 5.74) is 0. The van der Waals surface area contributed by atoms with Gasteiger partial charge in [0.05, 0.1) is 25.6 Å². The first-order valence-electron chi connectivity index (χ1n) is 6.35. The zero-order valence-electron chi connectivity index (χ0n) is 11.3. The van der Waals surface area contributed by atoms with Crippen LogP contribution in [0.4, 0.5) is 0 Å². The lowest BCUT2D eigenvalue weighted by atomic mass is 9.93. The topological polar surface area (TPSA) is 52.6 Å². The second-order valence-electron chi connectivity index (χ2n) is 4.44. The highest BCUT2D eigenvalue weighted by Crippen LogP contribution is 2.18. The van der Waals surface area contributed by atoms with Crippen molar-refractivity contribution in [1.29, 1.82) is 0 Å². The van der Waals surface area contributed by atoms with E-state index in [1.165, 1.54) is 0 Å². The fraction of sp³-hybridized carbons (Fsp3) is 0.846. The van der Waals surface area contributed by atoms with Crippen LogP contribution in [0.25, 0.3) is 0 Å². The average molecular weight is 244 g/mol. The maximum Gasteiger partial charge on any atom is 0.309 e. The lowest BCUT2D eigenvalue weighted by molar-refractivity contribution is -0.156. The number of rotatable bonds is 8. The molecule has 0 heterocycles. The van der Waals surface area contributed by atoms with E-state index >= 15 is 0 Å². The first kappa shape index (κ1) is 15.9. The highest BCUT2D eigenvalue weighted by molar-refractivity contribution is 5.80. The molecule has 0 aromatic rings. The van der Waals surface area contributed by atoms with Crippen LogP contribution >= 0.6 is 0 Å². The van der Waals surface area contributed by atoms with Crippen LogP contribution in [0.2, 0.25) is 0 Å². The molecular formula is C13H24O4. The monoisotopic (exact) mass is 244 g/mol. The Kier molecular flexibility index (Phi) is 8.46. The van der Waals surface area contributed by atoms with E-state index in [2.05, 4.69) is 0 Å². The van der Waals surface area contributed by atoms with Gasteiger partial charge in [-0.25, -0.2) is 0 Å². The Bertz CT molecular complexity index is 236. The molecule has 4 nitrogen and oxygen atoms in total. The molecule has 0 aliphatic carbocycles. The molecule has 0 spiro atoms. The normalized spacial score (nSPS) is 12.3. The fourth-order valence-electron chi connectivity index (χ4n) is 1.36. The predicted octanol–water partition coefficient (Wildman–Crippen LogP) is 2.56. The molecule has 1 unspecified atom stereocenters. The van der Waals surface area contributed by atoms with Crippen molar-refractivity contribution in [3.63, 3.8) is 0 Å². The van der Waals surface area contributed by atoms with Crippen molar-refractivity contribution in [2.45, 2.75) is 47.0 Å². The second kappa shape index (κ2) is 9.02. The minimum atomic E-state index is -0.397. The van der Waals surface area contributed by atoms with Gasteiger partial charge in [-0.2, -0.15) is 0 Å². The Hall–Kier alpha value is -1.06. The molecule has 0 aliphatic rings. The first-order chi connectivity index (χ1) is 8.02. The van der Waals surface area contributed by atoms with Crippen LogP contribution in [0.3, 0.4) is 0 Å². The lowest BCUT2D eigenvalue weighted by Gasteiger charge is -2.18. The number of carbonyl (C=O) groups is 2. The minimum Gasteiger partial charge on any atom is -0.466 e. The van der Waals surface area contributed by atoms with Crippen molar-refractivity contribution in [1.82, 2.24) is 0 Å². The van der Waals surface area contributed by atoms with Gasteiger partial charge in [0.2, 0.25) is 0 Å². The van der Waals surface area contributed by atoms with Crippen molar-refractivity contribution in [2.24, 2.45) is 11.8 Å². The summed E-state index contributed by atoms with van der Waals surface area (Å²) in [6.07, 6.45) is 1.69. The smallest absolute Gasteiger partial charge is 0.309 e. The van der Waals surface area contributed by atoms with Crippen molar-refractivity contribution in [3.05, 3.63) is 0 Å². The van der Waals surface area contributed by atoms with Gasteiger partial charge >= 0.3 is 11.9 Å². The zero-order chi connectivity index (χ0) is 13.3. The minimum absolute atomic E-state index is 0.0773. The van der Waals surface area contributed by atoms with Crippen LogP contribution in [0.15, 0.2) is 0 Å². The molecule has 0 saturated heterocycles. The van der Waals surface area contributed by atoms with E-state index in [9.17, 15) is 9.59 Å². The number of hydrogen-bond donors (Lipinski definition) is 0. The summed E-state index contributed by atoms with van der Waals surface area (Å²) in [6, 6.07) is 0. The standard InChI is InChI=1S/C13H24O4/c1-5-7-16-12(14)9-11(10(3)4)13(15)17-8-6-2/h10-11H,5-9H2,1-4H3. The molecule has 0 rings (SSSR count). The van der Waals surface area contributed by atoms with Crippen LogP contribution in [0, 0.1) is 11.8 Å². The molecule has 0 saturated carbocycles. The van der Waals surface area contributed by atoms with E-state index in [1.807, 2.05) is 27.7 Å². The summed E-state index contributed by atoms with van der Waals surface area (Å²) >= 11 is 0. The molecule has 0 aromatic carbocycles. The lowest BCUT2D eigenvalue weighted by Crippen LogP contribution is -2.26. The summed E-state index contributed by atoms with van der Waals surface area (Å²) in [4.78, 5) is 23.2. The molecule has 0 N–H and O–H groups in total. The van der Waals surface area contributed by atoms with Gasteiger partial charge in [-0.1, -0.05) is 27.7 Å². The maximum absolute atomic E-state index is 11.7. The van der Waals surface area contributed by atoms with E-state index < -0.39 is 5.92 Å². The third-order valence-corrected chi connectivity index (χ3v) is 2.41. The summed E-state index contributed by atoms with van der Waals surface area (Å²) < 4.78 is 10.1. The molecular weight excluding hydrogens is 220 g/mol. The Morgan fingerprint density at radius 3 is 2.00 bits per heavy atom. The number of hydrogen-bond acceptors (Lipinski definition) is 4. The Morgan fingerprint density at radius 1 is 1.00 bits per heavy atom. The van der Waals surface area contributed by atoms with Crippen molar-refractivity contribution >= 4 is 11.9 Å². The van der Waals surface area contributed by atoms with Crippen molar-refractivity contribution in [3.8, 4) is 0 Å². The summed E-state index contributed by atoms with van der Waals surface area (Å²) in [7, 11) is 0. The van der Waals surface area contributed by atoms with Gasteiger partial charge in [-0.05, 0) is 18.8 Å². The van der Waals surface area contributed by atoms with Gasteiger partial charge in [-0.3, -0.25) is 9.59 Å². The molecule has 0 amide bonds. The zero-order valence-corrected chi connectivity index (χ0v) is 11.3. The Labute approximate surface area is 104 Å². The summed E-state index contributed by atoms with van der Waals surface area (Å²) in [5.74, 6) is -0.936. The van der Waals surface area contributed by atoms with E-state index in [0.717, 1.165) is 12.8 Å². The highest BCUT2D eigenvalue weighted by Gasteiger charge is 2.27. The molecule has 0 aliphatic heterocycles. The van der Waals surface area contributed by atoms with Gasteiger partial charge in [0.1, 0.15) is 0 Å². The van der Waals surface area contributed by atoms with Gasteiger partial charge in [0.25, 0.3) is 0 Å². The molecule has 0 bridgehead atoms. The van der Waals surface area contributed by atoms with Gasteiger partial charge in [0, 0.05) is 0 Å². The van der Waals surface area contributed by atoms with Crippen LogP contribution in [-0.4, -0.2) is 25.2 Å². The Balaban J connectivity index is 4.23. The van der Waals surface area contributed by atoms with Crippen LogP contribution in [0.1, 0.15) is 47.0 Å². The summed E-state index contributed by atoms with van der Waals surface area (Å²) in [6.45, 7) is 8.51. The maximum atomic E-state index is 11.7. The number of carbonyl (C=O) groups excluding carboxylic acids is 2. The number of esters is 2. The quantitative estimate of drug-likeness (QED) is 0.616. The molecule has 17 heavy (non-hydrogen) atoms. The van der Waals surface area contributed by atoms with E-state index in [0.29, 0.717) is 13.2 Å². The van der Waals surface area contributed by atoms with Crippen molar-refractivity contribution in [2.75, 3.05) is 13.2 Å². The average Bonchev–Trinajstić information content (AvgIpc) is 2.29. The highest BCUT2D eigenvalue weighted by atomic mass is 16.5. The molecule has 0 aromatic heterocycles. The van der Waals surface area contributed by atoms with Crippen LogP contribution in [0.5, 0.6) is 0 Å². The third-order valence-electron chi connectivity index (χ3n) is 2.41.